The number of aromatic amines is 1. The third kappa shape index (κ3) is 3.72. The second-order valence-electron chi connectivity index (χ2n) is 5.18. The zero-order valence-electron chi connectivity index (χ0n) is 12.7. The van der Waals surface area contributed by atoms with Crippen molar-refractivity contribution in [3.8, 4) is 0 Å². The lowest BCUT2D eigenvalue weighted by Crippen LogP contribution is -2.36. The van der Waals surface area contributed by atoms with Gasteiger partial charge in [-0.25, -0.2) is 4.98 Å². The molecule has 0 unspecified atom stereocenters. The van der Waals surface area contributed by atoms with Crippen LogP contribution < -0.4 is 10.6 Å². The van der Waals surface area contributed by atoms with E-state index in [0.29, 0.717) is 18.0 Å². The number of fused-ring (bicyclic) bond motifs is 1. The summed E-state index contributed by atoms with van der Waals surface area (Å²) in [7, 11) is 0. The molecule has 0 spiro atoms. The van der Waals surface area contributed by atoms with Crippen molar-refractivity contribution in [3.05, 3.63) is 59.4 Å². The van der Waals surface area contributed by atoms with Crippen molar-refractivity contribution in [2.24, 2.45) is 0 Å². The molecular weight excluding hydrogens is 328 g/mol. The third-order valence-electron chi connectivity index (χ3n) is 3.53. The van der Waals surface area contributed by atoms with Gasteiger partial charge in [-0.3, -0.25) is 9.59 Å². The van der Waals surface area contributed by atoms with Crippen LogP contribution in [0.3, 0.4) is 0 Å². The first-order valence-corrected chi connectivity index (χ1v) is 7.77. The van der Waals surface area contributed by atoms with Gasteiger partial charge in [0.1, 0.15) is 5.82 Å². The van der Waals surface area contributed by atoms with Crippen molar-refractivity contribution in [2.75, 3.05) is 11.9 Å². The van der Waals surface area contributed by atoms with Gasteiger partial charge in [0.2, 0.25) is 0 Å². The number of pyridine rings is 1. The molecule has 0 radical (unpaired) electrons. The lowest BCUT2D eigenvalue weighted by atomic mass is 10.1. The molecule has 122 valence electrons. The fourth-order valence-corrected chi connectivity index (χ4v) is 2.46. The Labute approximate surface area is 143 Å². The molecule has 7 heteroatoms. The molecule has 24 heavy (non-hydrogen) atoms. The number of hydrogen-bond acceptors (Lipinski definition) is 3. The van der Waals surface area contributed by atoms with Crippen LogP contribution in [0.15, 0.2) is 48.8 Å². The predicted octanol–water partition coefficient (Wildman–Crippen LogP) is 2.51. The largest absolute Gasteiger partial charge is 0.361 e. The molecule has 2 aromatic heterocycles. The molecule has 0 saturated heterocycles. The smallest absolute Gasteiger partial charge is 0.314 e. The minimum Gasteiger partial charge on any atom is -0.361 e. The van der Waals surface area contributed by atoms with Gasteiger partial charge in [-0.1, -0.05) is 29.8 Å². The number of amides is 2. The van der Waals surface area contributed by atoms with E-state index < -0.39 is 11.8 Å². The summed E-state index contributed by atoms with van der Waals surface area (Å²) < 4.78 is 0. The minimum atomic E-state index is -0.760. The van der Waals surface area contributed by atoms with Crippen LogP contribution in [0.2, 0.25) is 5.02 Å². The molecule has 0 fully saturated rings. The van der Waals surface area contributed by atoms with E-state index in [4.69, 9.17) is 11.6 Å². The number of nitrogens with zero attached hydrogens (tertiary/aromatic N) is 1. The first kappa shape index (κ1) is 16.0. The summed E-state index contributed by atoms with van der Waals surface area (Å²) in [4.78, 5) is 30.7. The number of para-hydroxylation sites is 1. The number of nitrogens with one attached hydrogen (secondary N) is 3. The van der Waals surface area contributed by atoms with Crippen LogP contribution in [-0.2, 0) is 16.0 Å². The van der Waals surface area contributed by atoms with Crippen LogP contribution in [0.5, 0.6) is 0 Å². The van der Waals surface area contributed by atoms with E-state index >= 15 is 0 Å². The van der Waals surface area contributed by atoms with Crippen molar-refractivity contribution in [2.45, 2.75) is 6.42 Å². The average Bonchev–Trinajstić information content (AvgIpc) is 3.00. The number of H-pyrrole nitrogens is 1. The normalized spacial score (nSPS) is 10.5. The van der Waals surface area contributed by atoms with Gasteiger partial charge in [-0.05, 0) is 30.2 Å². The fourth-order valence-electron chi connectivity index (χ4n) is 2.35. The maximum atomic E-state index is 11.8. The summed E-state index contributed by atoms with van der Waals surface area (Å²) in [5, 5.41) is 6.58. The Morgan fingerprint density at radius 2 is 1.96 bits per heavy atom. The molecule has 3 N–H and O–H groups in total. The Bertz CT molecular complexity index is 874. The van der Waals surface area contributed by atoms with Crippen molar-refractivity contribution in [3.63, 3.8) is 0 Å². The second-order valence-corrected chi connectivity index (χ2v) is 5.62. The van der Waals surface area contributed by atoms with Crippen LogP contribution >= 0.6 is 11.6 Å². The molecule has 3 aromatic rings. The topological polar surface area (TPSA) is 86.9 Å². The van der Waals surface area contributed by atoms with Gasteiger partial charge in [-0.15, -0.1) is 0 Å². The van der Waals surface area contributed by atoms with Gasteiger partial charge >= 0.3 is 11.8 Å². The first-order chi connectivity index (χ1) is 11.6. The van der Waals surface area contributed by atoms with E-state index in [1.165, 1.54) is 12.3 Å². The number of hydrogen-bond donors (Lipinski definition) is 3. The Balaban J connectivity index is 1.51. The molecule has 3 rings (SSSR count). The molecule has 1 aromatic carbocycles. The summed E-state index contributed by atoms with van der Waals surface area (Å²) in [5.41, 5.74) is 2.14. The molecular formula is C17H15ClN4O2. The van der Waals surface area contributed by atoms with E-state index in [9.17, 15) is 9.59 Å². The Hall–Kier alpha value is -2.86. The van der Waals surface area contributed by atoms with Gasteiger partial charge < -0.3 is 15.6 Å². The number of benzene rings is 1. The minimum absolute atomic E-state index is 0.274. The number of rotatable bonds is 4. The summed E-state index contributed by atoms with van der Waals surface area (Å²) in [6.07, 6.45) is 3.93. The zero-order chi connectivity index (χ0) is 16.9. The summed E-state index contributed by atoms with van der Waals surface area (Å²) in [6.45, 7) is 0.363. The highest BCUT2D eigenvalue weighted by molar-refractivity contribution is 6.39. The highest BCUT2D eigenvalue weighted by atomic mass is 35.5. The molecule has 0 aliphatic heterocycles. The average molecular weight is 343 g/mol. The lowest BCUT2D eigenvalue weighted by molar-refractivity contribution is -0.136. The maximum Gasteiger partial charge on any atom is 0.314 e. The number of carbonyl (C=O) groups excluding carboxylic acids is 2. The van der Waals surface area contributed by atoms with Gasteiger partial charge in [0.25, 0.3) is 0 Å². The summed E-state index contributed by atoms with van der Waals surface area (Å²) >= 11 is 5.71. The Morgan fingerprint density at radius 1 is 1.12 bits per heavy atom. The highest BCUT2D eigenvalue weighted by Crippen LogP contribution is 2.17. The SMILES string of the molecule is O=C(NCCc1c[nH]c2ccccc12)C(=O)Nc1ccc(Cl)cn1. The van der Waals surface area contributed by atoms with Crippen molar-refractivity contribution >= 4 is 40.1 Å². The zero-order valence-corrected chi connectivity index (χ0v) is 13.4. The van der Waals surface area contributed by atoms with Crippen molar-refractivity contribution < 1.29 is 9.59 Å². The number of carbonyl (C=O) groups is 2. The van der Waals surface area contributed by atoms with Gasteiger partial charge in [0.15, 0.2) is 0 Å². The fraction of sp³-hybridized carbons (Fsp3) is 0.118. The first-order valence-electron chi connectivity index (χ1n) is 7.39. The van der Waals surface area contributed by atoms with Crippen LogP contribution in [0, 0.1) is 0 Å². The van der Waals surface area contributed by atoms with Gasteiger partial charge in [-0.2, -0.15) is 0 Å². The van der Waals surface area contributed by atoms with E-state index in [2.05, 4.69) is 20.6 Å². The van der Waals surface area contributed by atoms with Crippen LogP contribution in [-0.4, -0.2) is 28.3 Å². The molecule has 0 saturated carbocycles. The van der Waals surface area contributed by atoms with Crippen molar-refractivity contribution in [1.29, 1.82) is 0 Å². The van der Waals surface area contributed by atoms with E-state index in [1.54, 1.807) is 6.07 Å². The number of aromatic nitrogens is 2. The maximum absolute atomic E-state index is 11.8. The third-order valence-corrected chi connectivity index (χ3v) is 3.75. The lowest BCUT2D eigenvalue weighted by Gasteiger charge is -2.06. The molecule has 6 nitrogen and oxygen atoms in total. The predicted molar refractivity (Wildman–Crippen MR) is 92.9 cm³/mol. The summed E-state index contributed by atoms with van der Waals surface area (Å²) in [5.74, 6) is -1.19. The van der Waals surface area contributed by atoms with Crippen LogP contribution in [0.25, 0.3) is 10.9 Å². The quantitative estimate of drug-likeness (QED) is 0.637. The van der Waals surface area contributed by atoms with E-state index in [-0.39, 0.29) is 5.82 Å². The molecule has 0 atom stereocenters. The van der Waals surface area contributed by atoms with Crippen LogP contribution in [0.1, 0.15) is 5.56 Å². The van der Waals surface area contributed by atoms with E-state index in [0.717, 1.165) is 16.5 Å². The molecule has 0 aliphatic carbocycles. The Kier molecular flexibility index (Phi) is 4.77. The van der Waals surface area contributed by atoms with Gasteiger partial charge in [0.05, 0.1) is 5.02 Å². The number of halogens is 1. The number of anilines is 1. The van der Waals surface area contributed by atoms with E-state index in [1.807, 2.05) is 30.5 Å². The van der Waals surface area contributed by atoms with Gasteiger partial charge in [0, 0.05) is 29.8 Å². The highest BCUT2D eigenvalue weighted by Gasteiger charge is 2.14. The molecule has 0 aliphatic rings. The molecule has 2 amide bonds. The molecule has 2 heterocycles. The Morgan fingerprint density at radius 3 is 2.75 bits per heavy atom. The molecule has 0 bridgehead atoms. The van der Waals surface area contributed by atoms with Crippen molar-refractivity contribution in [1.82, 2.24) is 15.3 Å². The summed E-state index contributed by atoms with van der Waals surface area (Å²) in [6, 6.07) is 11.0. The standard InChI is InChI=1S/C17H15ClN4O2/c18-12-5-6-15(21-10-12)22-17(24)16(23)19-8-7-11-9-20-14-4-2-1-3-13(11)14/h1-6,9-10,20H,7-8H2,(H,19,23)(H,21,22,24). The van der Waals surface area contributed by atoms with Crippen LogP contribution in [0.4, 0.5) is 5.82 Å². The monoisotopic (exact) mass is 342 g/mol. The second kappa shape index (κ2) is 7.14.